The lowest BCUT2D eigenvalue weighted by Crippen LogP contribution is -2.34. The largest absolute Gasteiger partial charge is 0.348 e. The molecule has 2 aromatic heterocycles. The van der Waals surface area contributed by atoms with E-state index in [4.69, 9.17) is 0 Å². The van der Waals surface area contributed by atoms with Gasteiger partial charge in [-0.1, -0.05) is 43.4 Å². The van der Waals surface area contributed by atoms with Crippen LogP contribution in [0.2, 0.25) is 0 Å². The molecule has 1 saturated heterocycles. The number of para-hydroxylation sites is 1. The Bertz CT molecular complexity index is 1140. The molecule has 1 aliphatic heterocycles. The first-order chi connectivity index (χ1) is 14.5. The van der Waals surface area contributed by atoms with Gasteiger partial charge in [-0.05, 0) is 43.2 Å². The van der Waals surface area contributed by atoms with Crippen LogP contribution in [0.5, 0.6) is 0 Å². The van der Waals surface area contributed by atoms with Crippen LogP contribution in [0.4, 0.5) is 10.8 Å². The van der Waals surface area contributed by atoms with Crippen molar-refractivity contribution >= 4 is 38.4 Å². The Labute approximate surface area is 179 Å². The first-order valence-electron chi connectivity index (χ1n) is 10.5. The van der Waals surface area contributed by atoms with E-state index in [0.717, 1.165) is 47.9 Å². The summed E-state index contributed by atoms with van der Waals surface area (Å²) in [6.07, 6.45) is 4.60. The fourth-order valence-corrected chi connectivity index (χ4v) is 4.99. The standard InChI is InChI=1S/C22H27N5O2S/c1-4-16-9-5-8-15(3)18(16)24-17(28)12-27-13-23-20-19(21(27)29)30-22(25-20)26-10-6-7-14(2)11-26/h5,8-9,13-14H,4,6-7,10-12H2,1-3H3,(H,24,28)/t14-/m1/s1. The maximum absolute atomic E-state index is 13.0. The number of nitrogens with one attached hydrogen (secondary N) is 1. The van der Waals surface area contributed by atoms with Gasteiger partial charge in [0.1, 0.15) is 17.6 Å². The van der Waals surface area contributed by atoms with Gasteiger partial charge >= 0.3 is 0 Å². The lowest BCUT2D eigenvalue weighted by Gasteiger charge is -2.30. The fraction of sp³-hybridized carbons (Fsp3) is 0.455. The van der Waals surface area contributed by atoms with E-state index in [1.165, 1.54) is 28.7 Å². The van der Waals surface area contributed by atoms with Crippen LogP contribution in [-0.2, 0) is 17.8 Å². The van der Waals surface area contributed by atoms with Crippen molar-refractivity contribution in [3.8, 4) is 0 Å². The van der Waals surface area contributed by atoms with Crippen LogP contribution < -0.4 is 15.8 Å². The average molecular weight is 426 g/mol. The second kappa shape index (κ2) is 8.55. The summed E-state index contributed by atoms with van der Waals surface area (Å²) >= 11 is 1.37. The van der Waals surface area contributed by atoms with Crippen LogP contribution in [0.15, 0.2) is 29.3 Å². The van der Waals surface area contributed by atoms with Crippen LogP contribution in [0.1, 0.15) is 37.8 Å². The Morgan fingerprint density at radius 3 is 2.97 bits per heavy atom. The number of benzene rings is 1. The molecule has 158 valence electrons. The van der Waals surface area contributed by atoms with Gasteiger partial charge in [0.2, 0.25) is 5.91 Å². The van der Waals surface area contributed by atoms with E-state index in [0.29, 0.717) is 16.3 Å². The van der Waals surface area contributed by atoms with Crippen LogP contribution in [0.25, 0.3) is 10.3 Å². The van der Waals surface area contributed by atoms with E-state index in [1.54, 1.807) is 0 Å². The van der Waals surface area contributed by atoms with E-state index in [9.17, 15) is 9.59 Å². The molecule has 0 aliphatic carbocycles. The minimum Gasteiger partial charge on any atom is -0.348 e. The van der Waals surface area contributed by atoms with Crippen molar-refractivity contribution in [1.29, 1.82) is 0 Å². The number of thiazole rings is 1. The Hall–Kier alpha value is -2.74. The van der Waals surface area contributed by atoms with E-state index in [2.05, 4.69) is 34.0 Å². The van der Waals surface area contributed by atoms with E-state index < -0.39 is 0 Å². The highest BCUT2D eigenvalue weighted by Gasteiger charge is 2.21. The minimum atomic E-state index is -0.239. The summed E-state index contributed by atoms with van der Waals surface area (Å²) in [6, 6.07) is 5.95. The number of carbonyl (C=O) groups is 1. The molecular weight excluding hydrogens is 398 g/mol. The Morgan fingerprint density at radius 2 is 2.20 bits per heavy atom. The zero-order chi connectivity index (χ0) is 21.3. The first-order valence-corrected chi connectivity index (χ1v) is 11.3. The topological polar surface area (TPSA) is 80.1 Å². The van der Waals surface area contributed by atoms with Crippen molar-refractivity contribution in [3.63, 3.8) is 0 Å². The van der Waals surface area contributed by atoms with Crippen LogP contribution in [0, 0.1) is 12.8 Å². The molecule has 1 N–H and O–H groups in total. The van der Waals surface area contributed by atoms with Crippen molar-refractivity contribution in [2.45, 2.75) is 46.6 Å². The third-order valence-electron chi connectivity index (χ3n) is 5.62. The molecule has 0 bridgehead atoms. The molecule has 0 radical (unpaired) electrons. The van der Waals surface area contributed by atoms with Crippen LogP contribution in [0.3, 0.4) is 0 Å². The SMILES string of the molecule is CCc1cccc(C)c1NC(=O)Cn1cnc2nc(N3CCC[C@@H](C)C3)sc2c1=O. The average Bonchev–Trinajstić information content (AvgIpc) is 3.17. The Kier molecular flexibility index (Phi) is 5.85. The van der Waals surface area contributed by atoms with Crippen molar-refractivity contribution < 1.29 is 4.79 Å². The summed E-state index contributed by atoms with van der Waals surface area (Å²) in [6.45, 7) is 8.09. The summed E-state index contributed by atoms with van der Waals surface area (Å²) in [5, 5.41) is 3.81. The van der Waals surface area contributed by atoms with Gasteiger partial charge in [-0.3, -0.25) is 14.2 Å². The summed E-state index contributed by atoms with van der Waals surface area (Å²) in [5.41, 5.74) is 3.15. The number of anilines is 2. The van der Waals surface area contributed by atoms with Gasteiger partial charge in [-0.2, -0.15) is 4.98 Å². The molecule has 0 unspecified atom stereocenters. The number of aromatic nitrogens is 3. The van der Waals surface area contributed by atoms with Gasteiger partial charge < -0.3 is 10.2 Å². The molecule has 4 rings (SSSR count). The molecule has 1 fully saturated rings. The van der Waals surface area contributed by atoms with E-state index in [-0.39, 0.29) is 18.0 Å². The zero-order valence-electron chi connectivity index (χ0n) is 17.6. The molecule has 0 saturated carbocycles. The highest BCUT2D eigenvalue weighted by molar-refractivity contribution is 7.22. The third-order valence-corrected chi connectivity index (χ3v) is 6.71. The van der Waals surface area contributed by atoms with E-state index in [1.807, 2.05) is 25.1 Å². The lowest BCUT2D eigenvalue weighted by molar-refractivity contribution is -0.116. The van der Waals surface area contributed by atoms with Crippen LogP contribution >= 0.6 is 11.3 Å². The van der Waals surface area contributed by atoms with Gasteiger partial charge in [0.15, 0.2) is 10.8 Å². The summed E-state index contributed by atoms with van der Waals surface area (Å²) in [5.74, 6) is 0.380. The number of hydrogen-bond donors (Lipinski definition) is 1. The second-order valence-corrected chi connectivity index (χ2v) is 9.01. The normalized spacial score (nSPS) is 16.8. The van der Waals surface area contributed by atoms with Crippen LogP contribution in [-0.4, -0.2) is 33.5 Å². The Balaban J connectivity index is 1.56. The zero-order valence-corrected chi connectivity index (χ0v) is 18.5. The Morgan fingerprint density at radius 1 is 1.37 bits per heavy atom. The number of piperidine rings is 1. The van der Waals surface area contributed by atoms with Gasteiger partial charge in [0, 0.05) is 18.8 Å². The second-order valence-electron chi connectivity index (χ2n) is 8.03. The maximum Gasteiger partial charge on any atom is 0.273 e. The number of aryl methyl sites for hydroxylation is 2. The highest BCUT2D eigenvalue weighted by atomic mass is 32.1. The highest BCUT2D eigenvalue weighted by Crippen LogP contribution is 2.29. The predicted octanol–water partition coefficient (Wildman–Crippen LogP) is 3.60. The smallest absolute Gasteiger partial charge is 0.273 e. The summed E-state index contributed by atoms with van der Waals surface area (Å²) in [4.78, 5) is 36.8. The van der Waals surface area contributed by atoms with Gasteiger partial charge in [-0.15, -0.1) is 0 Å². The minimum absolute atomic E-state index is 0.0761. The molecule has 1 atom stereocenters. The van der Waals surface area contributed by atoms with Crippen molar-refractivity contribution in [1.82, 2.24) is 14.5 Å². The molecule has 3 heterocycles. The number of fused-ring (bicyclic) bond motifs is 1. The lowest BCUT2D eigenvalue weighted by atomic mass is 10.0. The van der Waals surface area contributed by atoms with Crippen molar-refractivity contribution in [2.75, 3.05) is 23.3 Å². The summed E-state index contributed by atoms with van der Waals surface area (Å²) in [7, 11) is 0. The van der Waals surface area contributed by atoms with Gasteiger partial charge in [0.05, 0.1) is 0 Å². The fourth-order valence-electron chi connectivity index (χ4n) is 3.98. The monoisotopic (exact) mass is 425 g/mol. The van der Waals surface area contributed by atoms with Crippen molar-refractivity contribution in [2.24, 2.45) is 5.92 Å². The quantitative estimate of drug-likeness (QED) is 0.676. The molecule has 1 aliphatic rings. The summed E-state index contributed by atoms with van der Waals surface area (Å²) < 4.78 is 1.87. The molecule has 3 aromatic rings. The number of amides is 1. The molecule has 0 spiro atoms. The molecule has 1 aromatic carbocycles. The number of rotatable bonds is 5. The molecule has 30 heavy (non-hydrogen) atoms. The van der Waals surface area contributed by atoms with E-state index >= 15 is 0 Å². The molecule has 1 amide bonds. The first kappa shape index (κ1) is 20.5. The van der Waals surface area contributed by atoms with Crippen molar-refractivity contribution in [3.05, 3.63) is 46.0 Å². The number of hydrogen-bond acceptors (Lipinski definition) is 6. The molecule has 8 heteroatoms. The van der Waals surface area contributed by atoms with Gasteiger partial charge in [-0.25, -0.2) is 4.98 Å². The molecular formula is C22H27N5O2S. The number of nitrogens with zero attached hydrogens (tertiary/aromatic N) is 4. The maximum atomic E-state index is 13.0. The predicted molar refractivity (Wildman–Crippen MR) is 121 cm³/mol. The third kappa shape index (κ3) is 4.09. The molecule has 7 nitrogen and oxygen atoms in total. The van der Waals surface area contributed by atoms with Gasteiger partial charge in [0.25, 0.3) is 5.56 Å². The number of carbonyl (C=O) groups excluding carboxylic acids is 1.